The van der Waals surface area contributed by atoms with Crippen molar-refractivity contribution < 1.29 is 0 Å². The maximum atomic E-state index is 12.2. The number of aromatic nitrogens is 2. The quantitative estimate of drug-likeness (QED) is 0.846. The van der Waals surface area contributed by atoms with Gasteiger partial charge in [0.15, 0.2) is 5.82 Å². The summed E-state index contributed by atoms with van der Waals surface area (Å²) in [7, 11) is 1.76. The molecule has 0 spiro atoms. The van der Waals surface area contributed by atoms with Crippen LogP contribution in [-0.2, 0) is 7.05 Å². The van der Waals surface area contributed by atoms with Crippen molar-refractivity contribution >= 4 is 11.5 Å². The van der Waals surface area contributed by atoms with E-state index in [1.807, 2.05) is 0 Å². The minimum atomic E-state index is -0.0253. The summed E-state index contributed by atoms with van der Waals surface area (Å²) in [6, 6.07) is 6.56. The van der Waals surface area contributed by atoms with Crippen LogP contribution in [0, 0.1) is 13.8 Å². The molecule has 5 heteroatoms. The molecule has 1 aromatic heterocycles. The van der Waals surface area contributed by atoms with E-state index in [2.05, 4.69) is 46.8 Å². The highest BCUT2D eigenvalue weighted by Gasteiger charge is 2.21. The van der Waals surface area contributed by atoms with Crippen LogP contribution in [0.15, 0.2) is 35.4 Å². The lowest BCUT2D eigenvalue weighted by molar-refractivity contribution is 0.638. The average molecular weight is 298 g/mol. The Morgan fingerprint density at radius 3 is 2.45 bits per heavy atom. The van der Waals surface area contributed by atoms with Crippen LogP contribution in [-0.4, -0.2) is 35.7 Å². The molecule has 2 aromatic rings. The van der Waals surface area contributed by atoms with E-state index in [-0.39, 0.29) is 5.56 Å². The number of hydrogen-bond acceptors (Lipinski definition) is 4. The molecular formula is C17H22N4O. The van der Waals surface area contributed by atoms with Gasteiger partial charge in [0.25, 0.3) is 5.56 Å². The summed E-state index contributed by atoms with van der Waals surface area (Å²) in [4.78, 5) is 20.9. The molecule has 0 saturated carbocycles. The van der Waals surface area contributed by atoms with E-state index >= 15 is 0 Å². The van der Waals surface area contributed by atoms with Gasteiger partial charge in [0.05, 0.1) is 0 Å². The van der Waals surface area contributed by atoms with E-state index in [0.717, 1.165) is 26.2 Å². The van der Waals surface area contributed by atoms with Gasteiger partial charge in [0.1, 0.15) is 0 Å². The van der Waals surface area contributed by atoms with Gasteiger partial charge in [-0.25, -0.2) is 4.98 Å². The lowest BCUT2D eigenvalue weighted by atomic mass is 10.1. The van der Waals surface area contributed by atoms with Crippen molar-refractivity contribution in [3.05, 3.63) is 52.1 Å². The second-order valence-corrected chi connectivity index (χ2v) is 5.93. The third-order valence-corrected chi connectivity index (χ3v) is 4.28. The standard InChI is InChI=1S/C17H22N4O/c1-13-4-5-14(2)15(12-13)20-8-10-21(11-9-20)16-17(22)19(3)7-6-18-16/h4-7,12H,8-11H2,1-3H3. The van der Waals surface area contributed by atoms with Crippen LogP contribution < -0.4 is 15.4 Å². The highest BCUT2D eigenvalue weighted by Crippen LogP contribution is 2.23. The van der Waals surface area contributed by atoms with Crippen LogP contribution in [0.2, 0.25) is 0 Å². The molecule has 0 bridgehead atoms. The molecule has 0 unspecified atom stereocenters. The fourth-order valence-electron chi connectivity index (χ4n) is 2.92. The molecule has 5 nitrogen and oxygen atoms in total. The molecule has 0 amide bonds. The highest BCUT2D eigenvalue weighted by atomic mass is 16.1. The zero-order valence-corrected chi connectivity index (χ0v) is 13.4. The molecule has 1 fully saturated rings. The third kappa shape index (κ3) is 2.71. The summed E-state index contributed by atoms with van der Waals surface area (Å²) in [6.07, 6.45) is 3.38. The maximum absolute atomic E-state index is 12.2. The summed E-state index contributed by atoms with van der Waals surface area (Å²) in [5.74, 6) is 0.561. The average Bonchev–Trinajstić information content (AvgIpc) is 2.53. The van der Waals surface area contributed by atoms with Crippen molar-refractivity contribution in [2.45, 2.75) is 13.8 Å². The minimum Gasteiger partial charge on any atom is -0.368 e. The molecule has 1 aromatic carbocycles. The zero-order chi connectivity index (χ0) is 15.7. The number of hydrogen-bond donors (Lipinski definition) is 0. The summed E-state index contributed by atoms with van der Waals surface area (Å²) >= 11 is 0. The first-order valence-corrected chi connectivity index (χ1v) is 7.65. The van der Waals surface area contributed by atoms with Crippen molar-refractivity contribution in [3.8, 4) is 0 Å². The molecule has 0 N–H and O–H groups in total. The highest BCUT2D eigenvalue weighted by molar-refractivity contribution is 5.56. The lowest BCUT2D eigenvalue weighted by Crippen LogP contribution is -2.48. The van der Waals surface area contributed by atoms with Crippen molar-refractivity contribution in [1.82, 2.24) is 9.55 Å². The second kappa shape index (κ2) is 5.83. The first-order valence-electron chi connectivity index (χ1n) is 7.65. The van der Waals surface area contributed by atoms with Crippen LogP contribution in [0.25, 0.3) is 0 Å². The normalized spacial score (nSPS) is 15.2. The summed E-state index contributed by atoms with van der Waals surface area (Å²) in [5.41, 5.74) is 3.85. The summed E-state index contributed by atoms with van der Waals surface area (Å²) in [5, 5.41) is 0. The number of piperazine rings is 1. The van der Waals surface area contributed by atoms with Gasteiger partial charge in [-0.05, 0) is 31.0 Å². The van der Waals surface area contributed by atoms with Gasteiger partial charge in [-0.15, -0.1) is 0 Å². The van der Waals surface area contributed by atoms with E-state index in [4.69, 9.17) is 0 Å². The van der Waals surface area contributed by atoms with Gasteiger partial charge >= 0.3 is 0 Å². The van der Waals surface area contributed by atoms with Gasteiger partial charge in [0.2, 0.25) is 0 Å². The van der Waals surface area contributed by atoms with Crippen LogP contribution in [0.1, 0.15) is 11.1 Å². The fourth-order valence-corrected chi connectivity index (χ4v) is 2.92. The first-order chi connectivity index (χ1) is 10.6. The second-order valence-electron chi connectivity index (χ2n) is 5.93. The molecule has 116 valence electrons. The Balaban J connectivity index is 1.77. The van der Waals surface area contributed by atoms with Gasteiger partial charge in [-0.1, -0.05) is 12.1 Å². The van der Waals surface area contributed by atoms with Crippen molar-refractivity contribution in [1.29, 1.82) is 0 Å². The largest absolute Gasteiger partial charge is 0.368 e. The predicted octanol–water partition coefficient (Wildman–Crippen LogP) is 1.72. The Hall–Kier alpha value is -2.30. The Bertz CT molecular complexity index is 730. The first kappa shape index (κ1) is 14.6. The van der Waals surface area contributed by atoms with Crippen molar-refractivity contribution in [3.63, 3.8) is 0 Å². The number of benzene rings is 1. The minimum absolute atomic E-state index is 0.0253. The van der Waals surface area contributed by atoms with Crippen LogP contribution in [0.5, 0.6) is 0 Å². The molecule has 0 atom stereocenters. The van der Waals surface area contributed by atoms with Crippen LogP contribution >= 0.6 is 0 Å². The van der Waals surface area contributed by atoms with Gasteiger partial charge in [-0.3, -0.25) is 4.79 Å². The van der Waals surface area contributed by atoms with E-state index in [1.54, 1.807) is 24.0 Å². The van der Waals surface area contributed by atoms with Gasteiger partial charge in [0, 0.05) is 51.3 Å². The smallest absolute Gasteiger partial charge is 0.293 e. The maximum Gasteiger partial charge on any atom is 0.293 e. The molecule has 2 heterocycles. The summed E-state index contributed by atoms with van der Waals surface area (Å²) in [6.45, 7) is 7.72. The molecule has 1 aliphatic rings. The Morgan fingerprint density at radius 1 is 1.05 bits per heavy atom. The molecule has 3 rings (SSSR count). The number of anilines is 2. The Kier molecular flexibility index (Phi) is 3.88. The lowest BCUT2D eigenvalue weighted by Gasteiger charge is -2.37. The topological polar surface area (TPSA) is 41.4 Å². The Labute approximate surface area is 130 Å². The number of nitrogens with zero attached hydrogens (tertiary/aromatic N) is 4. The zero-order valence-electron chi connectivity index (χ0n) is 13.4. The fraction of sp³-hybridized carbons (Fsp3) is 0.412. The monoisotopic (exact) mass is 298 g/mol. The van der Waals surface area contributed by atoms with Crippen LogP contribution in [0.4, 0.5) is 11.5 Å². The van der Waals surface area contributed by atoms with Crippen molar-refractivity contribution in [2.24, 2.45) is 7.05 Å². The van der Waals surface area contributed by atoms with Crippen LogP contribution in [0.3, 0.4) is 0 Å². The van der Waals surface area contributed by atoms with E-state index in [1.165, 1.54) is 16.8 Å². The van der Waals surface area contributed by atoms with Gasteiger partial charge in [-0.2, -0.15) is 0 Å². The van der Waals surface area contributed by atoms with Gasteiger partial charge < -0.3 is 14.4 Å². The van der Waals surface area contributed by atoms with E-state index < -0.39 is 0 Å². The van der Waals surface area contributed by atoms with Crippen molar-refractivity contribution in [2.75, 3.05) is 36.0 Å². The molecule has 1 aliphatic heterocycles. The third-order valence-electron chi connectivity index (χ3n) is 4.28. The molecule has 0 radical (unpaired) electrons. The van der Waals surface area contributed by atoms with E-state index in [0.29, 0.717) is 5.82 Å². The molecule has 0 aliphatic carbocycles. The Morgan fingerprint density at radius 2 is 1.73 bits per heavy atom. The molecule has 1 saturated heterocycles. The molecule has 22 heavy (non-hydrogen) atoms. The number of aryl methyl sites for hydroxylation is 3. The predicted molar refractivity (Wildman–Crippen MR) is 89.8 cm³/mol. The molecular weight excluding hydrogens is 276 g/mol. The van der Waals surface area contributed by atoms with E-state index in [9.17, 15) is 4.79 Å². The summed E-state index contributed by atoms with van der Waals surface area (Å²) < 4.78 is 1.58. The SMILES string of the molecule is Cc1ccc(C)c(N2CCN(c3nccn(C)c3=O)CC2)c1. The number of rotatable bonds is 2.